The fraction of sp³-hybridized carbons (Fsp3) is 0.576. The van der Waals surface area contributed by atoms with Crippen LogP contribution in [0.1, 0.15) is 62.0 Å². The molecule has 42 heavy (non-hydrogen) atoms. The van der Waals surface area contributed by atoms with Gasteiger partial charge in [-0.15, -0.1) is 0 Å². The minimum absolute atomic E-state index is 0.0885. The van der Waals surface area contributed by atoms with Crippen molar-refractivity contribution in [1.29, 1.82) is 0 Å². The van der Waals surface area contributed by atoms with Crippen molar-refractivity contribution in [2.45, 2.75) is 68.3 Å². The van der Waals surface area contributed by atoms with Crippen molar-refractivity contribution >= 4 is 21.8 Å². The van der Waals surface area contributed by atoms with Gasteiger partial charge in [0.1, 0.15) is 0 Å². The molecule has 9 heteroatoms. The van der Waals surface area contributed by atoms with Gasteiger partial charge in [-0.1, -0.05) is 55.3 Å². The Hall–Kier alpha value is -2.91. The van der Waals surface area contributed by atoms with Crippen molar-refractivity contribution < 1.29 is 18.0 Å². The predicted octanol–water partition coefficient (Wildman–Crippen LogP) is 4.27. The first-order chi connectivity index (χ1) is 20.2. The van der Waals surface area contributed by atoms with Crippen LogP contribution in [0.4, 0.5) is 4.79 Å². The van der Waals surface area contributed by atoms with E-state index in [0.717, 1.165) is 76.9 Å². The summed E-state index contributed by atoms with van der Waals surface area (Å²) in [4.78, 5) is 33.6. The van der Waals surface area contributed by atoms with Crippen LogP contribution in [0.3, 0.4) is 0 Å². The summed E-state index contributed by atoms with van der Waals surface area (Å²) >= 11 is 0. The van der Waals surface area contributed by atoms with Crippen LogP contribution < -0.4 is 5.32 Å². The van der Waals surface area contributed by atoms with Gasteiger partial charge >= 0.3 is 6.03 Å². The van der Waals surface area contributed by atoms with Gasteiger partial charge in [-0.3, -0.25) is 4.79 Å². The fourth-order valence-corrected chi connectivity index (χ4v) is 8.33. The molecule has 3 heterocycles. The highest BCUT2D eigenvalue weighted by molar-refractivity contribution is 7.90. The van der Waals surface area contributed by atoms with Crippen LogP contribution in [0.15, 0.2) is 59.5 Å². The number of nitrogens with one attached hydrogen (secondary N) is 1. The molecule has 1 aliphatic carbocycles. The molecule has 2 aromatic rings. The molecule has 4 aliphatic rings. The topological polar surface area (TPSA) is 90.0 Å². The molecular weight excluding hydrogens is 548 g/mol. The monoisotopic (exact) mass is 592 g/mol. The van der Waals surface area contributed by atoms with Crippen LogP contribution in [0.5, 0.6) is 0 Å². The van der Waals surface area contributed by atoms with E-state index in [2.05, 4.69) is 40.5 Å². The molecule has 8 nitrogen and oxygen atoms in total. The Kier molecular flexibility index (Phi) is 8.33. The normalized spacial score (nSPS) is 25.0. The highest BCUT2D eigenvalue weighted by Gasteiger charge is 2.48. The van der Waals surface area contributed by atoms with Gasteiger partial charge in [0.2, 0.25) is 5.91 Å². The number of amides is 3. The number of carbonyl (C=O) groups excluding carboxylic acids is 2. The number of likely N-dealkylation sites (tertiary alicyclic amines) is 3. The Morgan fingerprint density at radius 3 is 2.26 bits per heavy atom. The van der Waals surface area contributed by atoms with Crippen molar-refractivity contribution in [1.82, 2.24) is 20.0 Å². The molecule has 1 N–H and O–H groups in total. The molecule has 0 aromatic heterocycles. The number of nitrogens with zero attached hydrogens (tertiary/aromatic N) is 3. The molecule has 4 fully saturated rings. The summed E-state index contributed by atoms with van der Waals surface area (Å²) in [7, 11) is -3.23. The van der Waals surface area contributed by atoms with Crippen LogP contribution in [0, 0.1) is 11.3 Å². The van der Waals surface area contributed by atoms with Crippen molar-refractivity contribution in [3.05, 3.63) is 65.7 Å². The Morgan fingerprint density at radius 1 is 0.929 bits per heavy atom. The first-order valence-electron chi connectivity index (χ1n) is 15.6. The number of rotatable bonds is 7. The minimum Gasteiger partial charge on any atom is -0.338 e. The molecule has 1 saturated carbocycles. The summed E-state index contributed by atoms with van der Waals surface area (Å²) < 4.78 is 23.6. The average Bonchev–Trinajstić information content (AvgIpc) is 3.72. The second-order valence-electron chi connectivity index (χ2n) is 13.1. The zero-order valence-corrected chi connectivity index (χ0v) is 25.5. The van der Waals surface area contributed by atoms with E-state index >= 15 is 0 Å². The van der Waals surface area contributed by atoms with Gasteiger partial charge in [-0.25, -0.2) is 13.2 Å². The molecule has 3 amide bonds. The van der Waals surface area contributed by atoms with E-state index in [4.69, 9.17) is 0 Å². The standard InChI is InChI=1S/C33H44N4O4S/c1-42(40,41)29-13-11-25(12-14-29)21-36-20-17-33(31(36)38)15-18-35(19-16-33)22-27-23-37(32(39)34-28-9-5-6-10-28)24-30(27)26-7-3-2-4-8-26/h2-4,7-8,11-14,27-28,30H,5-6,9-10,15-24H2,1H3,(H,34,39)/t27-,30+/m0/s1. The maximum Gasteiger partial charge on any atom is 0.317 e. The second kappa shape index (κ2) is 12.0. The lowest BCUT2D eigenvalue weighted by Gasteiger charge is -2.39. The summed E-state index contributed by atoms with van der Waals surface area (Å²) in [6.07, 6.45) is 8.41. The average molecular weight is 593 g/mol. The Labute approximate surface area is 250 Å². The number of hydrogen-bond acceptors (Lipinski definition) is 5. The van der Waals surface area contributed by atoms with Gasteiger partial charge in [0.05, 0.1) is 10.3 Å². The highest BCUT2D eigenvalue weighted by atomic mass is 32.2. The summed E-state index contributed by atoms with van der Waals surface area (Å²) in [5.74, 6) is 0.919. The quantitative estimate of drug-likeness (QED) is 0.519. The maximum absolute atomic E-state index is 13.6. The Morgan fingerprint density at radius 2 is 1.60 bits per heavy atom. The number of sulfone groups is 1. The van der Waals surface area contributed by atoms with Gasteiger partial charge in [-0.05, 0) is 74.4 Å². The maximum atomic E-state index is 13.6. The molecule has 0 bridgehead atoms. The van der Waals surface area contributed by atoms with E-state index < -0.39 is 9.84 Å². The first kappa shape index (κ1) is 29.2. The number of benzene rings is 2. The van der Waals surface area contributed by atoms with Gasteiger partial charge in [0.15, 0.2) is 9.84 Å². The van der Waals surface area contributed by atoms with Crippen molar-refractivity contribution in [3.8, 4) is 0 Å². The van der Waals surface area contributed by atoms with Crippen LogP contribution in [0.2, 0.25) is 0 Å². The van der Waals surface area contributed by atoms with E-state index in [9.17, 15) is 18.0 Å². The summed E-state index contributed by atoms with van der Waals surface area (Å²) in [5, 5.41) is 3.29. The van der Waals surface area contributed by atoms with Crippen molar-refractivity contribution in [2.24, 2.45) is 11.3 Å². The van der Waals surface area contributed by atoms with Gasteiger partial charge in [-0.2, -0.15) is 0 Å². The summed E-state index contributed by atoms with van der Waals surface area (Å²) in [5.41, 5.74) is 1.98. The molecular formula is C33H44N4O4S. The van der Waals surface area contributed by atoms with E-state index in [1.165, 1.54) is 24.7 Å². The predicted molar refractivity (Wildman–Crippen MR) is 163 cm³/mol. The zero-order valence-electron chi connectivity index (χ0n) is 24.7. The number of piperidine rings is 1. The van der Waals surface area contributed by atoms with Crippen molar-refractivity contribution in [3.63, 3.8) is 0 Å². The number of urea groups is 1. The lowest BCUT2D eigenvalue weighted by molar-refractivity contribution is -0.139. The Bertz CT molecular complexity index is 1370. The third-order valence-corrected chi connectivity index (χ3v) is 11.4. The van der Waals surface area contributed by atoms with Crippen LogP contribution in [-0.2, 0) is 21.2 Å². The van der Waals surface area contributed by atoms with E-state index in [1.54, 1.807) is 12.1 Å². The molecule has 0 unspecified atom stereocenters. The largest absolute Gasteiger partial charge is 0.338 e. The van der Waals surface area contributed by atoms with E-state index in [0.29, 0.717) is 29.3 Å². The third kappa shape index (κ3) is 6.23. The van der Waals surface area contributed by atoms with Gasteiger partial charge < -0.3 is 20.0 Å². The molecule has 226 valence electrons. The molecule has 2 atom stereocenters. The first-order valence-corrected chi connectivity index (χ1v) is 17.5. The molecule has 1 spiro atoms. The molecule has 3 saturated heterocycles. The SMILES string of the molecule is CS(=O)(=O)c1ccc(CN2CCC3(CCN(C[C@H]4CN(C(=O)NC5CCCC5)C[C@@H]4c4ccccc4)CC3)C2=O)cc1. The van der Waals surface area contributed by atoms with Crippen molar-refractivity contribution in [2.75, 3.05) is 45.5 Å². The second-order valence-corrected chi connectivity index (χ2v) is 15.1. The van der Waals surface area contributed by atoms with Crippen LogP contribution in [0.25, 0.3) is 0 Å². The van der Waals surface area contributed by atoms with E-state index in [1.807, 2.05) is 21.9 Å². The lowest BCUT2D eigenvalue weighted by atomic mass is 9.76. The Balaban J connectivity index is 1.06. The highest BCUT2D eigenvalue weighted by Crippen LogP contribution is 2.43. The molecule has 0 radical (unpaired) electrons. The zero-order chi connectivity index (χ0) is 29.3. The minimum atomic E-state index is -3.23. The van der Waals surface area contributed by atoms with Crippen LogP contribution in [-0.4, -0.2) is 86.6 Å². The summed E-state index contributed by atoms with van der Waals surface area (Å²) in [6.45, 7) is 5.52. The third-order valence-electron chi connectivity index (χ3n) is 10.3. The van der Waals surface area contributed by atoms with E-state index in [-0.39, 0.29) is 17.4 Å². The lowest BCUT2D eigenvalue weighted by Crippen LogP contribution is -2.46. The number of hydrogen-bond donors (Lipinski definition) is 1. The van der Waals surface area contributed by atoms with Gasteiger partial charge in [0.25, 0.3) is 0 Å². The smallest absolute Gasteiger partial charge is 0.317 e. The molecule has 6 rings (SSSR count). The van der Waals surface area contributed by atoms with Crippen LogP contribution >= 0.6 is 0 Å². The molecule has 3 aliphatic heterocycles. The van der Waals surface area contributed by atoms with Gasteiger partial charge in [0, 0.05) is 50.9 Å². The number of carbonyl (C=O) groups is 2. The summed E-state index contributed by atoms with van der Waals surface area (Å²) in [6, 6.07) is 17.9. The fourth-order valence-electron chi connectivity index (χ4n) is 7.70. The molecule has 2 aromatic carbocycles.